The molecule has 0 heterocycles. The fraction of sp³-hybridized carbons (Fsp3) is 0.733. The van der Waals surface area contributed by atoms with Gasteiger partial charge in [0.25, 0.3) is 0 Å². The maximum absolute atomic E-state index is 9.34. The van der Waals surface area contributed by atoms with Crippen molar-refractivity contribution in [2.45, 2.75) is 46.1 Å². The van der Waals surface area contributed by atoms with E-state index in [1.54, 1.807) is 0 Å². The van der Waals surface area contributed by atoms with Crippen LogP contribution in [0.5, 0.6) is 0 Å². The van der Waals surface area contributed by atoms with Gasteiger partial charge in [0, 0.05) is 6.42 Å². The summed E-state index contributed by atoms with van der Waals surface area (Å²) >= 11 is 0. The standard InChI is InChI=1S/C15H26O3/c1-11(2)13-6-4-5-12(3)7-15(8-13)18-10-14(17)9-16/h5,8,11,13-14,16-17H,4,6-7,9-10H2,1-3H3/t13-,14-/m1/s1. The van der Waals surface area contributed by atoms with Crippen LogP contribution in [0, 0.1) is 11.8 Å². The first-order chi connectivity index (χ1) is 8.52. The molecule has 18 heavy (non-hydrogen) atoms. The van der Waals surface area contributed by atoms with Gasteiger partial charge in [0.1, 0.15) is 12.7 Å². The van der Waals surface area contributed by atoms with Crippen molar-refractivity contribution in [3.63, 3.8) is 0 Å². The Labute approximate surface area is 110 Å². The van der Waals surface area contributed by atoms with E-state index < -0.39 is 6.10 Å². The minimum Gasteiger partial charge on any atom is -0.495 e. The minimum atomic E-state index is -0.793. The number of allylic oxidation sites excluding steroid dienone is 3. The second kappa shape index (κ2) is 7.59. The summed E-state index contributed by atoms with van der Waals surface area (Å²) in [6, 6.07) is 0. The molecule has 1 rings (SSSR count). The molecule has 0 unspecified atom stereocenters. The van der Waals surface area contributed by atoms with Crippen LogP contribution in [0.15, 0.2) is 23.5 Å². The Hall–Kier alpha value is -0.800. The van der Waals surface area contributed by atoms with E-state index in [2.05, 4.69) is 32.9 Å². The summed E-state index contributed by atoms with van der Waals surface area (Å²) in [6.07, 6.45) is 6.75. The van der Waals surface area contributed by atoms with E-state index >= 15 is 0 Å². The lowest BCUT2D eigenvalue weighted by Gasteiger charge is -2.22. The van der Waals surface area contributed by atoms with Crippen molar-refractivity contribution in [3.05, 3.63) is 23.5 Å². The van der Waals surface area contributed by atoms with Crippen LogP contribution in [0.4, 0.5) is 0 Å². The Morgan fingerprint density at radius 2 is 2.17 bits per heavy atom. The summed E-state index contributed by atoms with van der Waals surface area (Å²) in [5.41, 5.74) is 1.31. The molecule has 0 aromatic heterocycles. The van der Waals surface area contributed by atoms with E-state index in [0.29, 0.717) is 11.8 Å². The first-order valence-corrected chi connectivity index (χ1v) is 6.81. The maximum Gasteiger partial charge on any atom is 0.116 e. The summed E-state index contributed by atoms with van der Waals surface area (Å²) < 4.78 is 5.63. The van der Waals surface area contributed by atoms with Crippen LogP contribution >= 0.6 is 0 Å². The van der Waals surface area contributed by atoms with Crippen LogP contribution in [-0.2, 0) is 4.74 Å². The van der Waals surface area contributed by atoms with Gasteiger partial charge in [-0.05, 0) is 37.7 Å². The molecule has 0 bridgehead atoms. The molecule has 0 aromatic carbocycles. The fourth-order valence-corrected chi connectivity index (χ4v) is 2.13. The number of hydrogen-bond acceptors (Lipinski definition) is 3. The average molecular weight is 254 g/mol. The molecule has 3 nitrogen and oxygen atoms in total. The molecule has 0 amide bonds. The van der Waals surface area contributed by atoms with Crippen molar-refractivity contribution in [2.75, 3.05) is 13.2 Å². The molecular formula is C15H26O3. The van der Waals surface area contributed by atoms with Gasteiger partial charge in [0.15, 0.2) is 0 Å². The lowest BCUT2D eigenvalue weighted by molar-refractivity contribution is 0.0283. The molecule has 1 aliphatic carbocycles. The molecule has 0 saturated carbocycles. The highest BCUT2D eigenvalue weighted by Crippen LogP contribution is 2.26. The third kappa shape index (κ3) is 5.23. The van der Waals surface area contributed by atoms with Crippen LogP contribution in [0.1, 0.15) is 40.0 Å². The Kier molecular flexibility index (Phi) is 6.44. The Morgan fingerprint density at radius 3 is 2.78 bits per heavy atom. The lowest BCUT2D eigenvalue weighted by atomic mass is 9.88. The van der Waals surface area contributed by atoms with Gasteiger partial charge in [-0.2, -0.15) is 0 Å². The molecule has 0 saturated heterocycles. The van der Waals surface area contributed by atoms with Gasteiger partial charge in [0.2, 0.25) is 0 Å². The van der Waals surface area contributed by atoms with Gasteiger partial charge in [-0.25, -0.2) is 0 Å². The van der Waals surface area contributed by atoms with Gasteiger partial charge in [0.05, 0.1) is 12.4 Å². The van der Waals surface area contributed by atoms with Gasteiger partial charge >= 0.3 is 0 Å². The van der Waals surface area contributed by atoms with E-state index in [0.717, 1.165) is 25.0 Å². The molecule has 0 radical (unpaired) electrons. The molecular weight excluding hydrogens is 228 g/mol. The second-order valence-electron chi connectivity index (χ2n) is 5.49. The van der Waals surface area contributed by atoms with E-state index in [1.807, 2.05) is 0 Å². The predicted octanol–water partition coefficient (Wildman–Crippen LogP) is 2.64. The fourth-order valence-electron chi connectivity index (χ4n) is 2.13. The predicted molar refractivity (Wildman–Crippen MR) is 73.1 cm³/mol. The van der Waals surface area contributed by atoms with E-state index in [1.165, 1.54) is 5.57 Å². The maximum atomic E-state index is 9.34. The van der Waals surface area contributed by atoms with Crippen molar-refractivity contribution in [1.82, 2.24) is 0 Å². The Balaban J connectivity index is 2.67. The summed E-state index contributed by atoms with van der Waals surface area (Å²) in [6.45, 7) is 6.46. The van der Waals surface area contributed by atoms with Crippen molar-refractivity contribution >= 4 is 0 Å². The molecule has 2 N–H and O–H groups in total. The lowest BCUT2D eigenvalue weighted by Crippen LogP contribution is -2.20. The first-order valence-electron chi connectivity index (χ1n) is 6.81. The topological polar surface area (TPSA) is 49.7 Å². The van der Waals surface area contributed by atoms with Crippen LogP contribution in [0.25, 0.3) is 0 Å². The zero-order valence-electron chi connectivity index (χ0n) is 11.7. The van der Waals surface area contributed by atoms with Gasteiger partial charge < -0.3 is 14.9 Å². The average Bonchev–Trinajstić information content (AvgIpc) is 2.30. The van der Waals surface area contributed by atoms with E-state index in [4.69, 9.17) is 9.84 Å². The third-order valence-corrected chi connectivity index (χ3v) is 3.37. The number of aliphatic hydroxyl groups is 2. The zero-order chi connectivity index (χ0) is 13.5. The Bertz CT molecular complexity index is 305. The summed E-state index contributed by atoms with van der Waals surface area (Å²) in [7, 11) is 0. The van der Waals surface area contributed by atoms with Crippen LogP contribution in [0.2, 0.25) is 0 Å². The molecule has 104 valence electrons. The van der Waals surface area contributed by atoms with Gasteiger partial charge in [-0.3, -0.25) is 0 Å². The molecule has 3 heteroatoms. The number of rotatable bonds is 5. The summed E-state index contributed by atoms with van der Waals surface area (Å²) in [5, 5.41) is 18.1. The van der Waals surface area contributed by atoms with Crippen LogP contribution in [-0.4, -0.2) is 29.5 Å². The number of hydrogen-bond donors (Lipinski definition) is 2. The Morgan fingerprint density at radius 1 is 1.44 bits per heavy atom. The second-order valence-corrected chi connectivity index (χ2v) is 5.49. The van der Waals surface area contributed by atoms with Gasteiger partial charge in [-0.15, -0.1) is 0 Å². The highest BCUT2D eigenvalue weighted by Gasteiger charge is 2.15. The minimum absolute atomic E-state index is 0.167. The highest BCUT2D eigenvalue weighted by molar-refractivity contribution is 5.13. The summed E-state index contributed by atoms with van der Waals surface area (Å²) in [5.74, 6) is 2.04. The highest BCUT2D eigenvalue weighted by atomic mass is 16.5. The van der Waals surface area contributed by atoms with Crippen molar-refractivity contribution < 1.29 is 14.9 Å². The monoisotopic (exact) mass is 254 g/mol. The molecule has 2 atom stereocenters. The largest absolute Gasteiger partial charge is 0.495 e. The molecule has 1 aliphatic rings. The van der Waals surface area contributed by atoms with Gasteiger partial charge in [-0.1, -0.05) is 25.5 Å². The molecule has 0 fully saturated rings. The number of aliphatic hydroxyl groups excluding tert-OH is 2. The molecule has 0 aliphatic heterocycles. The SMILES string of the molecule is CC1=CCC[C@@H](C(C)C)C=C(OC[C@H](O)CO)C1. The number of ether oxygens (including phenoxy) is 1. The van der Waals surface area contributed by atoms with Crippen LogP contribution in [0.3, 0.4) is 0 Å². The van der Waals surface area contributed by atoms with Crippen molar-refractivity contribution in [2.24, 2.45) is 11.8 Å². The van der Waals surface area contributed by atoms with Crippen LogP contribution < -0.4 is 0 Å². The third-order valence-electron chi connectivity index (χ3n) is 3.37. The van der Waals surface area contributed by atoms with E-state index in [-0.39, 0.29) is 13.2 Å². The van der Waals surface area contributed by atoms with Crippen molar-refractivity contribution in [3.8, 4) is 0 Å². The first kappa shape index (κ1) is 15.3. The molecule has 0 aromatic rings. The van der Waals surface area contributed by atoms with Crippen molar-refractivity contribution in [1.29, 1.82) is 0 Å². The quantitative estimate of drug-likeness (QED) is 0.742. The summed E-state index contributed by atoms with van der Waals surface area (Å²) in [4.78, 5) is 0. The smallest absolute Gasteiger partial charge is 0.116 e. The molecule has 0 spiro atoms. The normalized spacial score (nSPS) is 22.9. The zero-order valence-corrected chi connectivity index (χ0v) is 11.7. The van der Waals surface area contributed by atoms with E-state index in [9.17, 15) is 5.11 Å².